The van der Waals surface area contributed by atoms with Gasteiger partial charge in [-0.1, -0.05) is 17.7 Å². The van der Waals surface area contributed by atoms with E-state index in [2.05, 4.69) is 43.8 Å². The Bertz CT molecular complexity index is 405. The number of likely N-dealkylation sites (tertiary alicyclic amines) is 1. The highest BCUT2D eigenvalue weighted by Crippen LogP contribution is 2.22. The summed E-state index contributed by atoms with van der Waals surface area (Å²) in [6, 6.07) is 8.53. The molecule has 2 rings (SSSR count). The van der Waals surface area contributed by atoms with Crippen molar-refractivity contribution in [3.63, 3.8) is 0 Å². The molecule has 2 nitrogen and oxygen atoms in total. The molecule has 1 heterocycles. The molecule has 18 heavy (non-hydrogen) atoms. The minimum atomic E-state index is 0.290. The van der Waals surface area contributed by atoms with E-state index in [0.29, 0.717) is 18.2 Å². The van der Waals surface area contributed by atoms with Gasteiger partial charge in [0, 0.05) is 30.2 Å². The molecular formula is C14H19NOS2. The van der Waals surface area contributed by atoms with Crippen LogP contribution in [0.5, 0.6) is 0 Å². The van der Waals surface area contributed by atoms with Gasteiger partial charge in [0.1, 0.15) is 0 Å². The average molecular weight is 281 g/mol. The fourth-order valence-electron chi connectivity index (χ4n) is 2.10. The summed E-state index contributed by atoms with van der Waals surface area (Å²) in [6.45, 7) is 3.83. The van der Waals surface area contributed by atoms with E-state index in [4.69, 9.17) is 0 Å². The second kappa shape index (κ2) is 6.53. The Kier molecular flexibility index (Phi) is 5.01. The molecule has 98 valence electrons. The highest BCUT2D eigenvalue weighted by atomic mass is 32.2. The van der Waals surface area contributed by atoms with Gasteiger partial charge >= 0.3 is 0 Å². The maximum atomic E-state index is 11.7. The molecule has 0 saturated carbocycles. The lowest BCUT2D eigenvalue weighted by atomic mass is 10.1. The van der Waals surface area contributed by atoms with Gasteiger partial charge < -0.3 is 4.90 Å². The molecular weight excluding hydrogens is 262 g/mol. The zero-order valence-electron chi connectivity index (χ0n) is 10.6. The normalized spacial score (nSPS) is 19.6. The fourth-order valence-corrected chi connectivity index (χ4v) is 3.22. The Labute approximate surface area is 119 Å². The Morgan fingerprint density at radius 1 is 1.39 bits per heavy atom. The predicted octanol–water partition coefficient (Wildman–Crippen LogP) is 2.87. The number of nitrogens with zero attached hydrogens (tertiary/aromatic N) is 1. The number of amides is 1. The van der Waals surface area contributed by atoms with E-state index < -0.39 is 0 Å². The van der Waals surface area contributed by atoms with Crippen LogP contribution in [0, 0.1) is 12.8 Å². The summed E-state index contributed by atoms with van der Waals surface area (Å²) >= 11 is 6.08. The molecule has 1 saturated heterocycles. The van der Waals surface area contributed by atoms with Crippen molar-refractivity contribution in [2.75, 3.05) is 24.6 Å². The molecule has 0 spiro atoms. The molecule has 1 aliphatic rings. The number of aryl methyl sites for hydroxylation is 1. The third-order valence-electron chi connectivity index (χ3n) is 3.20. The third kappa shape index (κ3) is 3.69. The maximum absolute atomic E-state index is 11.7. The Balaban J connectivity index is 1.75. The number of thiol groups is 1. The number of rotatable bonds is 5. The van der Waals surface area contributed by atoms with Crippen LogP contribution in [0.4, 0.5) is 0 Å². The molecule has 1 aromatic rings. The van der Waals surface area contributed by atoms with Crippen molar-refractivity contribution in [1.29, 1.82) is 0 Å². The van der Waals surface area contributed by atoms with Crippen LogP contribution in [-0.4, -0.2) is 35.4 Å². The zero-order chi connectivity index (χ0) is 13.0. The molecule has 1 aromatic carbocycles. The van der Waals surface area contributed by atoms with Crippen molar-refractivity contribution in [2.45, 2.75) is 18.2 Å². The van der Waals surface area contributed by atoms with Gasteiger partial charge in [-0.2, -0.15) is 12.6 Å². The standard InChI is InChI=1S/C14H19NOS2/c1-11-2-4-13(5-3-11)18-7-6-15-9-12(10-17)8-14(15)16/h2-5,12,17H,6-10H2,1H3. The van der Waals surface area contributed by atoms with Crippen LogP contribution in [-0.2, 0) is 4.79 Å². The first-order valence-corrected chi connectivity index (χ1v) is 7.89. The van der Waals surface area contributed by atoms with Gasteiger partial charge in [-0.3, -0.25) is 4.79 Å². The van der Waals surface area contributed by atoms with Crippen molar-refractivity contribution >= 4 is 30.3 Å². The molecule has 0 radical (unpaired) electrons. The summed E-state index contributed by atoms with van der Waals surface area (Å²) in [5, 5.41) is 0. The van der Waals surface area contributed by atoms with Crippen LogP contribution in [0.1, 0.15) is 12.0 Å². The summed E-state index contributed by atoms with van der Waals surface area (Å²) in [5.41, 5.74) is 1.28. The number of hydrogen-bond acceptors (Lipinski definition) is 3. The van der Waals surface area contributed by atoms with E-state index in [9.17, 15) is 4.79 Å². The van der Waals surface area contributed by atoms with Crippen LogP contribution in [0.15, 0.2) is 29.2 Å². The molecule has 1 amide bonds. The van der Waals surface area contributed by atoms with E-state index in [0.717, 1.165) is 24.6 Å². The number of thioether (sulfide) groups is 1. The van der Waals surface area contributed by atoms with E-state index >= 15 is 0 Å². The Morgan fingerprint density at radius 3 is 2.72 bits per heavy atom. The van der Waals surface area contributed by atoms with Crippen molar-refractivity contribution in [3.05, 3.63) is 29.8 Å². The van der Waals surface area contributed by atoms with Gasteiger partial charge in [-0.05, 0) is 30.7 Å². The van der Waals surface area contributed by atoms with Crippen LogP contribution < -0.4 is 0 Å². The zero-order valence-corrected chi connectivity index (χ0v) is 12.3. The molecule has 0 bridgehead atoms. The van der Waals surface area contributed by atoms with Crippen molar-refractivity contribution in [3.8, 4) is 0 Å². The lowest BCUT2D eigenvalue weighted by Crippen LogP contribution is -2.27. The number of benzene rings is 1. The van der Waals surface area contributed by atoms with Gasteiger partial charge in [-0.15, -0.1) is 11.8 Å². The predicted molar refractivity (Wildman–Crippen MR) is 80.4 cm³/mol. The number of hydrogen-bond donors (Lipinski definition) is 1. The average Bonchev–Trinajstić information content (AvgIpc) is 2.73. The molecule has 0 aliphatic carbocycles. The Hall–Kier alpha value is -0.610. The molecule has 0 N–H and O–H groups in total. The summed E-state index contributed by atoms with van der Waals surface area (Å²) < 4.78 is 0. The van der Waals surface area contributed by atoms with Crippen LogP contribution in [0.2, 0.25) is 0 Å². The largest absolute Gasteiger partial charge is 0.342 e. The quantitative estimate of drug-likeness (QED) is 0.661. The lowest BCUT2D eigenvalue weighted by molar-refractivity contribution is -0.127. The third-order valence-corrected chi connectivity index (χ3v) is 4.71. The minimum Gasteiger partial charge on any atom is -0.342 e. The van der Waals surface area contributed by atoms with Crippen molar-refractivity contribution in [2.24, 2.45) is 5.92 Å². The van der Waals surface area contributed by atoms with E-state index in [1.807, 2.05) is 16.7 Å². The van der Waals surface area contributed by atoms with Gasteiger partial charge in [0.25, 0.3) is 0 Å². The van der Waals surface area contributed by atoms with E-state index in [1.54, 1.807) is 0 Å². The summed E-state index contributed by atoms with van der Waals surface area (Å²) in [7, 11) is 0. The molecule has 1 aliphatic heterocycles. The molecule has 1 fully saturated rings. The number of carbonyl (C=O) groups excluding carboxylic acids is 1. The van der Waals surface area contributed by atoms with Crippen LogP contribution in [0.3, 0.4) is 0 Å². The Morgan fingerprint density at radius 2 is 2.11 bits per heavy atom. The van der Waals surface area contributed by atoms with E-state index in [1.165, 1.54) is 10.5 Å². The second-order valence-corrected chi connectivity index (χ2v) is 6.29. The van der Waals surface area contributed by atoms with Crippen LogP contribution >= 0.6 is 24.4 Å². The number of carbonyl (C=O) groups is 1. The van der Waals surface area contributed by atoms with Gasteiger partial charge in [0.15, 0.2) is 0 Å². The smallest absolute Gasteiger partial charge is 0.222 e. The summed E-state index contributed by atoms with van der Waals surface area (Å²) in [6.07, 6.45) is 0.679. The first-order valence-electron chi connectivity index (χ1n) is 6.27. The first kappa shape index (κ1) is 13.8. The molecule has 1 atom stereocenters. The monoisotopic (exact) mass is 281 g/mol. The topological polar surface area (TPSA) is 20.3 Å². The molecule has 0 aromatic heterocycles. The summed E-state index contributed by atoms with van der Waals surface area (Å²) in [4.78, 5) is 15.0. The second-order valence-electron chi connectivity index (χ2n) is 4.75. The molecule has 4 heteroatoms. The van der Waals surface area contributed by atoms with Crippen molar-refractivity contribution < 1.29 is 4.79 Å². The first-order chi connectivity index (χ1) is 8.69. The van der Waals surface area contributed by atoms with Gasteiger partial charge in [0.2, 0.25) is 5.91 Å². The fraction of sp³-hybridized carbons (Fsp3) is 0.500. The van der Waals surface area contributed by atoms with E-state index in [-0.39, 0.29) is 0 Å². The minimum absolute atomic E-state index is 0.290. The van der Waals surface area contributed by atoms with Gasteiger partial charge in [0.05, 0.1) is 0 Å². The molecule has 1 unspecified atom stereocenters. The van der Waals surface area contributed by atoms with Crippen molar-refractivity contribution in [1.82, 2.24) is 4.90 Å². The SMILES string of the molecule is Cc1ccc(SCCN2CC(CS)CC2=O)cc1. The van der Waals surface area contributed by atoms with Crippen LogP contribution in [0.25, 0.3) is 0 Å². The van der Waals surface area contributed by atoms with Gasteiger partial charge in [-0.25, -0.2) is 0 Å². The maximum Gasteiger partial charge on any atom is 0.222 e. The highest BCUT2D eigenvalue weighted by molar-refractivity contribution is 7.99. The lowest BCUT2D eigenvalue weighted by Gasteiger charge is -2.15. The highest BCUT2D eigenvalue weighted by Gasteiger charge is 2.27. The summed E-state index contributed by atoms with van der Waals surface area (Å²) in [5.74, 6) is 2.52.